The van der Waals surface area contributed by atoms with E-state index in [1.54, 1.807) is 0 Å². The fourth-order valence-electron chi connectivity index (χ4n) is 7.32. The zero-order valence-corrected chi connectivity index (χ0v) is 34.3. The molecule has 0 aromatic rings. The highest BCUT2D eigenvalue weighted by molar-refractivity contribution is 5.78. The monoisotopic (exact) mass is 708 g/mol. The maximum Gasteiger partial charge on any atom is 0.305 e. The Bertz CT molecular complexity index is 683. The van der Waals surface area contributed by atoms with Gasteiger partial charge in [-0.25, -0.2) is 0 Å². The summed E-state index contributed by atoms with van der Waals surface area (Å²) in [6.45, 7) is 10.5. The molecule has 1 N–H and O–H groups in total. The van der Waals surface area contributed by atoms with Crippen LogP contribution in [0.1, 0.15) is 239 Å². The molecule has 0 saturated heterocycles. The first-order chi connectivity index (χ1) is 24.6. The Balaban J connectivity index is 3.94. The topological polar surface area (TPSA) is 66.8 Å². The first-order valence-corrected chi connectivity index (χ1v) is 22.6. The van der Waals surface area contributed by atoms with Gasteiger partial charge >= 0.3 is 5.97 Å². The summed E-state index contributed by atoms with van der Waals surface area (Å²) >= 11 is 0. The fraction of sp³-hybridized carbons (Fsp3) is 0.956. The van der Waals surface area contributed by atoms with Crippen LogP contribution in [0.15, 0.2) is 0 Å². The summed E-state index contributed by atoms with van der Waals surface area (Å²) in [6, 6.07) is 0. The number of ketones is 1. The molecule has 0 rings (SSSR count). The van der Waals surface area contributed by atoms with E-state index in [2.05, 4.69) is 25.7 Å². The van der Waals surface area contributed by atoms with Crippen LogP contribution in [0.3, 0.4) is 0 Å². The van der Waals surface area contributed by atoms with Gasteiger partial charge in [0.15, 0.2) is 0 Å². The van der Waals surface area contributed by atoms with E-state index in [1.165, 1.54) is 154 Å². The lowest BCUT2D eigenvalue weighted by Gasteiger charge is -2.21. The molecule has 0 atom stereocenters. The first kappa shape index (κ1) is 49.1. The molecule has 0 spiro atoms. The van der Waals surface area contributed by atoms with Crippen molar-refractivity contribution in [3.63, 3.8) is 0 Å². The Kier molecular flexibility index (Phi) is 40.1. The zero-order valence-electron chi connectivity index (χ0n) is 34.3. The number of nitrogens with zero attached hydrogens (tertiary/aromatic N) is 1. The largest absolute Gasteiger partial charge is 0.466 e. The van der Waals surface area contributed by atoms with Gasteiger partial charge < -0.3 is 14.7 Å². The average Bonchev–Trinajstić information content (AvgIpc) is 3.11. The summed E-state index contributed by atoms with van der Waals surface area (Å²) < 4.78 is 5.41. The third-order valence-corrected chi connectivity index (χ3v) is 10.7. The van der Waals surface area contributed by atoms with E-state index in [4.69, 9.17) is 4.74 Å². The van der Waals surface area contributed by atoms with Crippen LogP contribution in [-0.2, 0) is 14.3 Å². The van der Waals surface area contributed by atoms with Crippen LogP contribution in [0.4, 0.5) is 0 Å². The van der Waals surface area contributed by atoms with Crippen molar-refractivity contribution in [2.24, 2.45) is 5.92 Å². The van der Waals surface area contributed by atoms with Gasteiger partial charge in [-0.2, -0.15) is 0 Å². The molecule has 0 aliphatic rings. The van der Waals surface area contributed by atoms with Crippen LogP contribution in [0.5, 0.6) is 0 Å². The van der Waals surface area contributed by atoms with Crippen LogP contribution >= 0.6 is 0 Å². The first-order valence-electron chi connectivity index (χ1n) is 22.6. The van der Waals surface area contributed by atoms with Crippen LogP contribution in [-0.4, -0.2) is 54.6 Å². The lowest BCUT2D eigenvalue weighted by atomic mass is 9.89. The maximum atomic E-state index is 12.9. The van der Waals surface area contributed by atoms with Crippen molar-refractivity contribution in [1.29, 1.82) is 0 Å². The molecule has 0 bridgehead atoms. The lowest BCUT2D eigenvalue weighted by molar-refractivity contribution is -0.143. The molecule has 0 aliphatic heterocycles. The standard InChI is InChI=1S/C45H89NO4/c1-4-7-10-13-16-25-32-41-50-45(49)36-29-22-18-24-31-38-46(39-40-47)37-30-23-17-21-28-35-44(48)42-43(33-26-19-14-11-8-5-2)34-27-20-15-12-9-6-3/h43,47H,4-42H2,1-3H3. The Labute approximate surface area is 313 Å². The number of ether oxygens (including phenoxy) is 1. The number of esters is 1. The van der Waals surface area contributed by atoms with Crippen molar-refractivity contribution < 1.29 is 19.4 Å². The summed E-state index contributed by atoms with van der Waals surface area (Å²) in [7, 11) is 0. The predicted octanol–water partition coefficient (Wildman–Crippen LogP) is 13.3. The number of aliphatic hydroxyl groups is 1. The number of Topliss-reactive ketones (excluding diaryl/α,β-unsaturated/α-hetero) is 1. The Morgan fingerprint density at radius 2 is 0.880 bits per heavy atom. The molecule has 0 unspecified atom stereocenters. The second-order valence-electron chi connectivity index (χ2n) is 15.7. The smallest absolute Gasteiger partial charge is 0.305 e. The number of aliphatic hydroxyl groups excluding tert-OH is 1. The minimum Gasteiger partial charge on any atom is -0.466 e. The van der Waals surface area contributed by atoms with Crippen LogP contribution in [0.2, 0.25) is 0 Å². The van der Waals surface area contributed by atoms with Gasteiger partial charge in [0.2, 0.25) is 0 Å². The minimum absolute atomic E-state index is 0.0250. The van der Waals surface area contributed by atoms with E-state index in [1.807, 2.05) is 0 Å². The van der Waals surface area contributed by atoms with Gasteiger partial charge in [0, 0.05) is 25.8 Å². The van der Waals surface area contributed by atoms with Gasteiger partial charge in [-0.3, -0.25) is 9.59 Å². The molecule has 0 saturated carbocycles. The van der Waals surface area contributed by atoms with Gasteiger partial charge in [-0.05, 0) is 51.1 Å². The van der Waals surface area contributed by atoms with Gasteiger partial charge in [-0.15, -0.1) is 0 Å². The number of rotatable bonds is 42. The predicted molar refractivity (Wildman–Crippen MR) is 217 cm³/mol. The van der Waals surface area contributed by atoms with Crippen molar-refractivity contribution >= 4 is 11.8 Å². The molecule has 0 amide bonds. The second-order valence-corrected chi connectivity index (χ2v) is 15.7. The molecule has 0 aromatic carbocycles. The van der Waals surface area contributed by atoms with E-state index in [0.29, 0.717) is 24.7 Å². The van der Waals surface area contributed by atoms with Crippen molar-refractivity contribution in [2.75, 3.05) is 32.8 Å². The van der Waals surface area contributed by atoms with Crippen molar-refractivity contribution in [2.45, 2.75) is 239 Å². The quantitative estimate of drug-likeness (QED) is 0.0505. The van der Waals surface area contributed by atoms with Gasteiger partial charge in [-0.1, -0.05) is 188 Å². The molecular weight excluding hydrogens is 618 g/mol. The lowest BCUT2D eigenvalue weighted by Crippen LogP contribution is -2.29. The molecule has 5 nitrogen and oxygen atoms in total. The van der Waals surface area contributed by atoms with E-state index in [9.17, 15) is 14.7 Å². The van der Waals surface area contributed by atoms with Gasteiger partial charge in [0.05, 0.1) is 13.2 Å². The molecule has 0 radical (unpaired) electrons. The summed E-state index contributed by atoms with van der Waals surface area (Å²) in [5.41, 5.74) is 0. The molecule has 0 fully saturated rings. The molecule has 0 aliphatic carbocycles. The van der Waals surface area contributed by atoms with Crippen LogP contribution in [0.25, 0.3) is 0 Å². The Hall–Kier alpha value is -0.940. The van der Waals surface area contributed by atoms with E-state index in [0.717, 1.165) is 77.4 Å². The SMILES string of the molecule is CCCCCCCCCOC(=O)CCCCCCCN(CCO)CCCCCCCC(=O)CC(CCCCCCCC)CCCCCCCC. The molecule has 50 heavy (non-hydrogen) atoms. The summed E-state index contributed by atoms with van der Waals surface area (Å²) in [5, 5.41) is 9.55. The highest BCUT2D eigenvalue weighted by Gasteiger charge is 2.14. The molecule has 0 heterocycles. The van der Waals surface area contributed by atoms with Gasteiger partial charge in [0.1, 0.15) is 5.78 Å². The molecule has 298 valence electrons. The Morgan fingerprint density at radius 3 is 1.36 bits per heavy atom. The summed E-state index contributed by atoms with van der Waals surface area (Å²) in [5.74, 6) is 1.10. The molecular formula is C45H89NO4. The molecule has 0 aromatic heterocycles. The van der Waals surface area contributed by atoms with Crippen LogP contribution < -0.4 is 0 Å². The normalized spacial score (nSPS) is 11.6. The number of hydrogen-bond donors (Lipinski definition) is 1. The number of unbranched alkanes of at least 4 members (excludes halogenated alkanes) is 24. The van der Waals surface area contributed by atoms with Crippen molar-refractivity contribution in [3.8, 4) is 0 Å². The number of carbonyl (C=O) groups is 2. The number of carbonyl (C=O) groups excluding carboxylic acids is 2. The van der Waals surface area contributed by atoms with E-state index < -0.39 is 0 Å². The minimum atomic E-state index is -0.0250. The van der Waals surface area contributed by atoms with E-state index >= 15 is 0 Å². The highest BCUT2D eigenvalue weighted by atomic mass is 16.5. The van der Waals surface area contributed by atoms with Crippen molar-refractivity contribution in [1.82, 2.24) is 4.90 Å². The third-order valence-electron chi connectivity index (χ3n) is 10.7. The van der Waals surface area contributed by atoms with Gasteiger partial charge in [0.25, 0.3) is 0 Å². The highest BCUT2D eigenvalue weighted by Crippen LogP contribution is 2.24. The third kappa shape index (κ3) is 36.8. The number of hydrogen-bond acceptors (Lipinski definition) is 5. The zero-order chi connectivity index (χ0) is 36.6. The van der Waals surface area contributed by atoms with Crippen LogP contribution in [0, 0.1) is 5.92 Å². The summed E-state index contributed by atoms with van der Waals surface area (Å²) in [4.78, 5) is 27.3. The summed E-state index contributed by atoms with van der Waals surface area (Å²) in [6.07, 6.45) is 40.8. The van der Waals surface area contributed by atoms with Crippen molar-refractivity contribution in [3.05, 3.63) is 0 Å². The second kappa shape index (κ2) is 40.8. The Morgan fingerprint density at radius 1 is 0.480 bits per heavy atom. The maximum absolute atomic E-state index is 12.9. The molecule has 5 heteroatoms. The average molecular weight is 708 g/mol. The van der Waals surface area contributed by atoms with E-state index in [-0.39, 0.29) is 12.6 Å². The fourth-order valence-corrected chi connectivity index (χ4v) is 7.32.